The predicted molar refractivity (Wildman–Crippen MR) is 54.9 cm³/mol. The highest BCUT2D eigenvalue weighted by Crippen LogP contribution is 2.08. The van der Waals surface area contributed by atoms with Crippen LogP contribution in [-0.2, 0) is 0 Å². The van der Waals surface area contributed by atoms with E-state index in [0.29, 0.717) is 5.56 Å². The van der Waals surface area contributed by atoms with Gasteiger partial charge in [0.15, 0.2) is 0 Å². The summed E-state index contributed by atoms with van der Waals surface area (Å²) in [5.41, 5.74) is 0.547. The molecule has 1 N–H and O–H groups in total. The number of hydrogen-bond acceptors (Lipinski definition) is 3. The maximum absolute atomic E-state index is 11.3. The molecule has 0 aliphatic heterocycles. The number of amides is 1. The van der Waals surface area contributed by atoms with Gasteiger partial charge in [-0.15, -0.1) is 0 Å². The maximum atomic E-state index is 11.3. The highest BCUT2D eigenvalue weighted by atomic mass is 127. The summed E-state index contributed by atoms with van der Waals surface area (Å²) in [5.74, 6) is -0.242. The number of hydrogen-bond donors (Lipinski definition) is 1. The van der Waals surface area contributed by atoms with E-state index in [2.05, 4.69) is 10.3 Å². The highest BCUT2D eigenvalue weighted by molar-refractivity contribution is 14.1. The number of halogens is 1. The molecule has 0 aliphatic carbocycles. The second-order valence-electron chi connectivity index (χ2n) is 2.20. The van der Waals surface area contributed by atoms with Gasteiger partial charge in [-0.3, -0.25) is 9.78 Å². The number of carbonyl (C=O) groups is 1. The summed E-state index contributed by atoms with van der Waals surface area (Å²) in [6, 6.07) is 3.46. The molecular formula is C8H6IN3O. The summed E-state index contributed by atoms with van der Waals surface area (Å²) in [6.07, 6.45) is 3.14. The molecule has 0 aromatic carbocycles. The van der Waals surface area contributed by atoms with Crippen molar-refractivity contribution in [3.63, 3.8) is 0 Å². The molecule has 5 heteroatoms. The molecule has 1 rings (SSSR count). The second kappa shape index (κ2) is 4.77. The summed E-state index contributed by atoms with van der Waals surface area (Å²) in [7, 11) is 0. The number of nitrogens with one attached hydrogen (secondary N) is 1. The van der Waals surface area contributed by atoms with Crippen molar-refractivity contribution in [3.8, 4) is 6.07 Å². The van der Waals surface area contributed by atoms with Crippen LogP contribution in [0.25, 0.3) is 0 Å². The van der Waals surface area contributed by atoms with E-state index >= 15 is 0 Å². The monoisotopic (exact) mass is 287 g/mol. The van der Waals surface area contributed by atoms with Crippen LogP contribution in [0.1, 0.15) is 10.4 Å². The third-order valence-electron chi connectivity index (χ3n) is 1.35. The zero-order valence-electron chi connectivity index (χ0n) is 6.62. The van der Waals surface area contributed by atoms with E-state index in [0.717, 1.165) is 3.57 Å². The summed E-state index contributed by atoms with van der Waals surface area (Å²) in [5, 5.41) is 10.7. The predicted octanol–water partition coefficient (Wildman–Crippen LogP) is 0.940. The lowest BCUT2D eigenvalue weighted by Crippen LogP contribution is -2.24. The van der Waals surface area contributed by atoms with Crippen molar-refractivity contribution in [2.75, 3.05) is 6.54 Å². The molecule has 13 heavy (non-hydrogen) atoms. The Labute approximate surface area is 89.1 Å². The first-order valence-electron chi connectivity index (χ1n) is 3.50. The van der Waals surface area contributed by atoms with Gasteiger partial charge in [-0.2, -0.15) is 5.26 Å². The number of pyridine rings is 1. The molecule has 4 nitrogen and oxygen atoms in total. The molecule has 0 unspecified atom stereocenters. The fourth-order valence-corrected chi connectivity index (χ4v) is 1.36. The van der Waals surface area contributed by atoms with Gasteiger partial charge in [-0.1, -0.05) is 0 Å². The van der Waals surface area contributed by atoms with Crippen molar-refractivity contribution >= 4 is 28.5 Å². The summed E-state index contributed by atoms with van der Waals surface area (Å²) in [4.78, 5) is 15.2. The van der Waals surface area contributed by atoms with Crippen molar-refractivity contribution in [1.82, 2.24) is 10.3 Å². The molecule has 66 valence electrons. The minimum absolute atomic E-state index is 0.0250. The third-order valence-corrected chi connectivity index (χ3v) is 2.20. The summed E-state index contributed by atoms with van der Waals surface area (Å²) >= 11 is 2.02. The van der Waals surface area contributed by atoms with E-state index in [1.54, 1.807) is 18.5 Å². The zero-order valence-corrected chi connectivity index (χ0v) is 8.78. The van der Waals surface area contributed by atoms with E-state index in [1.165, 1.54) is 0 Å². The van der Waals surface area contributed by atoms with Crippen LogP contribution in [0.2, 0.25) is 0 Å². The van der Waals surface area contributed by atoms with Crippen molar-refractivity contribution < 1.29 is 4.79 Å². The Kier molecular flexibility index (Phi) is 3.64. The standard InChI is InChI=1S/C8H6IN3O/c9-7-5-11-3-1-6(7)8(13)12-4-2-10/h1,3,5H,4H2,(H,12,13). The van der Waals surface area contributed by atoms with Gasteiger partial charge in [0.2, 0.25) is 0 Å². The average Bonchev–Trinajstić information content (AvgIpc) is 2.15. The van der Waals surface area contributed by atoms with Crippen LogP contribution in [0, 0.1) is 14.9 Å². The Hall–Kier alpha value is -1.16. The fourth-order valence-electron chi connectivity index (χ4n) is 0.774. The normalized spacial score (nSPS) is 8.92. The Balaban J connectivity index is 2.78. The van der Waals surface area contributed by atoms with Crippen LogP contribution in [0.5, 0.6) is 0 Å². The van der Waals surface area contributed by atoms with Crippen molar-refractivity contribution in [2.45, 2.75) is 0 Å². The van der Waals surface area contributed by atoms with Crippen LogP contribution in [0.4, 0.5) is 0 Å². The quantitative estimate of drug-likeness (QED) is 0.650. The lowest BCUT2D eigenvalue weighted by atomic mass is 10.2. The molecule has 1 aromatic rings. The van der Waals surface area contributed by atoms with Gasteiger partial charge in [0.25, 0.3) is 5.91 Å². The number of nitrogens with zero attached hydrogens (tertiary/aromatic N) is 2. The molecule has 0 atom stereocenters. The van der Waals surface area contributed by atoms with Gasteiger partial charge >= 0.3 is 0 Å². The van der Waals surface area contributed by atoms with E-state index in [1.807, 2.05) is 28.7 Å². The van der Waals surface area contributed by atoms with Gasteiger partial charge in [0.1, 0.15) is 6.54 Å². The first-order valence-corrected chi connectivity index (χ1v) is 4.58. The minimum atomic E-state index is -0.242. The van der Waals surface area contributed by atoms with Gasteiger partial charge in [-0.05, 0) is 28.7 Å². The number of rotatable bonds is 2. The van der Waals surface area contributed by atoms with Gasteiger partial charge in [0.05, 0.1) is 11.6 Å². The van der Waals surface area contributed by atoms with Gasteiger partial charge < -0.3 is 5.32 Å². The fraction of sp³-hybridized carbons (Fsp3) is 0.125. The summed E-state index contributed by atoms with van der Waals surface area (Å²) in [6.45, 7) is 0.0250. The Morgan fingerprint density at radius 1 is 1.77 bits per heavy atom. The smallest absolute Gasteiger partial charge is 0.253 e. The molecule has 0 bridgehead atoms. The van der Waals surface area contributed by atoms with Crippen molar-refractivity contribution in [3.05, 3.63) is 27.6 Å². The molecule has 1 aromatic heterocycles. The summed E-state index contributed by atoms with van der Waals surface area (Å²) < 4.78 is 0.774. The molecule has 0 radical (unpaired) electrons. The van der Waals surface area contributed by atoms with E-state index in [-0.39, 0.29) is 12.5 Å². The van der Waals surface area contributed by atoms with E-state index < -0.39 is 0 Å². The number of nitriles is 1. The zero-order chi connectivity index (χ0) is 9.68. The van der Waals surface area contributed by atoms with Crippen LogP contribution < -0.4 is 5.32 Å². The number of carbonyl (C=O) groups excluding carboxylic acids is 1. The van der Waals surface area contributed by atoms with Crippen LogP contribution in [0.15, 0.2) is 18.5 Å². The topological polar surface area (TPSA) is 65.8 Å². The van der Waals surface area contributed by atoms with E-state index in [9.17, 15) is 4.79 Å². The minimum Gasteiger partial charge on any atom is -0.339 e. The lowest BCUT2D eigenvalue weighted by molar-refractivity contribution is 0.0957. The van der Waals surface area contributed by atoms with Crippen LogP contribution in [-0.4, -0.2) is 17.4 Å². The van der Waals surface area contributed by atoms with Crippen LogP contribution >= 0.6 is 22.6 Å². The SMILES string of the molecule is N#CCNC(=O)c1ccncc1I. The van der Waals surface area contributed by atoms with Gasteiger partial charge in [0, 0.05) is 16.0 Å². The first kappa shape index (κ1) is 9.92. The maximum Gasteiger partial charge on any atom is 0.253 e. The van der Waals surface area contributed by atoms with E-state index in [4.69, 9.17) is 5.26 Å². The Morgan fingerprint density at radius 3 is 3.15 bits per heavy atom. The third kappa shape index (κ3) is 2.66. The second-order valence-corrected chi connectivity index (χ2v) is 3.36. The Bertz CT molecular complexity index is 359. The first-order chi connectivity index (χ1) is 6.25. The van der Waals surface area contributed by atoms with Gasteiger partial charge in [-0.25, -0.2) is 0 Å². The van der Waals surface area contributed by atoms with Crippen LogP contribution in [0.3, 0.4) is 0 Å². The number of aromatic nitrogens is 1. The lowest BCUT2D eigenvalue weighted by Gasteiger charge is -2.01. The molecule has 0 saturated carbocycles. The molecule has 1 heterocycles. The molecule has 0 fully saturated rings. The molecule has 1 amide bonds. The molecular weight excluding hydrogens is 281 g/mol. The Morgan fingerprint density at radius 2 is 2.54 bits per heavy atom. The molecule has 0 spiro atoms. The molecule has 0 aliphatic rings. The average molecular weight is 287 g/mol. The van der Waals surface area contributed by atoms with Crippen molar-refractivity contribution in [2.24, 2.45) is 0 Å². The van der Waals surface area contributed by atoms with Crippen molar-refractivity contribution in [1.29, 1.82) is 5.26 Å². The largest absolute Gasteiger partial charge is 0.339 e. The highest BCUT2D eigenvalue weighted by Gasteiger charge is 2.07. The molecule has 0 saturated heterocycles.